The Hall–Kier alpha value is -1.51. The molecule has 0 saturated carbocycles. The van der Waals surface area contributed by atoms with Crippen molar-refractivity contribution in [1.29, 1.82) is 0 Å². The Morgan fingerprint density at radius 2 is 2.13 bits per heavy atom. The van der Waals surface area contributed by atoms with Gasteiger partial charge in [0, 0.05) is 0 Å². The molecule has 15 heavy (non-hydrogen) atoms. The molecule has 0 saturated heterocycles. The number of hydrogen-bond acceptors (Lipinski definition) is 4. The van der Waals surface area contributed by atoms with Crippen molar-refractivity contribution in [2.75, 3.05) is 0 Å². The third-order valence-corrected chi connectivity index (χ3v) is 2.24. The summed E-state index contributed by atoms with van der Waals surface area (Å²) in [6, 6.07) is 8.02. The molecular weight excluding hydrogens is 205 g/mol. The van der Waals surface area contributed by atoms with Gasteiger partial charge in [-0.1, -0.05) is 12.1 Å². The first-order chi connectivity index (χ1) is 6.97. The van der Waals surface area contributed by atoms with Crippen LogP contribution in [-0.2, 0) is 0 Å². The molecule has 3 aromatic rings. The van der Waals surface area contributed by atoms with Gasteiger partial charge in [-0.05, 0) is 12.1 Å². The van der Waals surface area contributed by atoms with E-state index in [1.165, 1.54) is 17.2 Å². The summed E-state index contributed by atoms with van der Waals surface area (Å²) < 4.78 is 5.55. The Kier molecular flexibility index (Phi) is 4.67. The van der Waals surface area contributed by atoms with Gasteiger partial charge in [0.05, 0.1) is 16.4 Å². The SMILES string of the molecule is [BeH2].[c]1nc2ccccc2s1.[c]1ncco1. The van der Waals surface area contributed by atoms with Crippen LogP contribution in [0.2, 0.25) is 0 Å². The van der Waals surface area contributed by atoms with Gasteiger partial charge in [0.1, 0.15) is 6.26 Å². The molecule has 3 nitrogen and oxygen atoms in total. The van der Waals surface area contributed by atoms with Crippen molar-refractivity contribution in [3.8, 4) is 0 Å². The summed E-state index contributed by atoms with van der Waals surface area (Å²) >= 11 is 1.55. The number of aromatic nitrogens is 2. The summed E-state index contributed by atoms with van der Waals surface area (Å²) in [6.07, 6.45) is 5.22. The minimum atomic E-state index is 0. The number of para-hydroxylation sites is 1. The molecular formula is C10H8BeN2OS. The maximum absolute atomic E-state index is 4.35. The zero-order valence-corrected chi connectivity index (χ0v) is 7.99. The molecule has 0 atom stereocenters. The summed E-state index contributed by atoms with van der Waals surface area (Å²) in [6.45, 7) is 0. The fourth-order valence-corrected chi connectivity index (χ4v) is 1.52. The van der Waals surface area contributed by atoms with Crippen LogP contribution >= 0.6 is 11.3 Å². The van der Waals surface area contributed by atoms with Crippen LogP contribution in [0.5, 0.6) is 0 Å². The largest absolute Gasteiger partial charge is 0.441 e. The van der Waals surface area contributed by atoms with Crippen LogP contribution in [0.15, 0.2) is 41.1 Å². The van der Waals surface area contributed by atoms with Crippen LogP contribution in [0.4, 0.5) is 0 Å². The molecule has 5 heteroatoms. The summed E-state index contributed by atoms with van der Waals surface area (Å²) in [5.41, 5.74) is 3.87. The van der Waals surface area contributed by atoms with Crippen LogP contribution < -0.4 is 0 Å². The van der Waals surface area contributed by atoms with Gasteiger partial charge in [-0.3, -0.25) is 0 Å². The maximum Gasteiger partial charge on any atom is 0.283 e. The average molecular weight is 213 g/mol. The maximum atomic E-state index is 4.35. The van der Waals surface area contributed by atoms with Gasteiger partial charge in [0.25, 0.3) is 6.39 Å². The number of fused-ring (bicyclic) bond motifs is 1. The molecule has 1 aromatic carbocycles. The minimum Gasteiger partial charge on any atom is -0.441 e. The van der Waals surface area contributed by atoms with Gasteiger partial charge in [0.2, 0.25) is 0 Å². The minimum absolute atomic E-state index is 0. The van der Waals surface area contributed by atoms with Crippen LogP contribution in [0, 0.1) is 11.9 Å². The Morgan fingerprint density at radius 1 is 1.27 bits per heavy atom. The summed E-state index contributed by atoms with van der Waals surface area (Å²) in [4.78, 5) is 7.44. The predicted molar refractivity (Wildman–Crippen MR) is 62.3 cm³/mol. The normalized spacial score (nSPS) is 8.80. The second-order valence-electron chi connectivity index (χ2n) is 2.40. The molecule has 0 aliphatic heterocycles. The number of hydrogen-bond donors (Lipinski definition) is 0. The van der Waals surface area contributed by atoms with Crippen molar-refractivity contribution in [2.45, 2.75) is 0 Å². The monoisotopic (exact) mass is 213 g/mol. The van der Waals surface area contributed by atoms with E-state index in [9.17, 15) is 0 Å². The summed E-state index contributed by atoms with van der Waals surface area (Å²) in [7, 11) is 0. The van der Waals surface area contributed by atoms with Gasteiger partial charge < -0.3 is 4.42 Å². The van der Waals surface area contributed by atoms with Crippen molar-refractivity contribution in [1.82, 2.24) is 9.97 Å². The topological polar surface area (TPSA) is 38.9 Å². The van der Waals surface area contributed by atoms with Gasteiger partial charge in [-0.15, -0.1) is 11.3 Å². The molecule has 0 fully saturated rings. The van der Waals surface area contributed by atoms with E-state index < -0.39 is 0 Å². The number of benzene rings is 1. The molecule has 0 aliphatic rings. The standard InChI is InChI=1S/C7H4NS.C3H2NO.Be.2H/c1-2-4-7-6(3-1)8-5-9-7;1-2-5-3-4-1;;;/h1-4H;1-2H;;;. The van der Waals surface area contributed by atoms with Crippen LogP contribution in [-0.4, -0.2) is 20.1 Å². The molecule has 72 valence electrons. The Morgan fingerprint density at radius 3 is 2.73 bits per heavy atom. The summed E-state index contributed by atoms with van der Waals surface area (Å²) in [5.74, 6) is 0. The van der Waals surface area contributed by atoms with Crippen LogP contribution in [0.1, 0.15) is 0 Å². The zero-order valence-electron chi connectivity index (χ0n) is 7.18. The molecule has 0 unspecified atom stereocenters. The van der Waals surface area contributed by atoms with Gasteiger partial charge in [-0.2, -0.15) is 0 Å². The smallest absolute Gasteiger partial charge is 0.283 e. The zero-order chi connectivity index (χ0) is 9.64. The van der Waals surface area contributed by atoms with Gasteiger partial charge in [-0.25, -0.2) is 9.97 Å². The van der Waals surface area contributed by atoms with E-state index in [2.05, 4.69) is 26.3 Å². The molecule has 2 heterocycles. The summed E-state index contributed by atoms with van der Waals surface area (Å²) in [5, 5.41) is 0. The van der Waals surface area contributed by atoms with Crippen molar-refractivity contribution >= 4 is 31.7 Å². The van der Waals surface area contributed by atoms with Crippen molar-refractivity contribution < 1.29 is 4.42 Å². The van der Waals surface area contributed by atoms with Crippen molar-refractivity contribution in [3.63, 3.8) is 0 Å². The van der Waals surface area contributed by atoms with E-state index in [1.54, 1.807) is 11.3 Å². The van der Waals surface area contributed by atoms with Crippen LogP contribution in [0.3, 0.4) is 0 Å². The molecule has 0 aliphatic carbocycles. The molecule has 0 bridgehead atoms. The second-order valence-corrected chi connectivity index (χ2v) is 3.22. The Bertz CT molecular complexity index is 433. The fraction of sp³-hybridized carbons (Fsp3) is 0. The van der Waals surface area contributed by atoms with E-state index in [0.717, 1.165) is 5.52 Å². The predicted octanol–water partition coefficient (Wildman–Crippen LogP) is 1.66. The molecule has 0 N–H and O–H groups in total. The second kappa shape index (κ2) is 6.06. The third-order valence-electron chi connectivity index (χ3n) is 1.50. The van der Waals surface area contributed by atoms with E-state index >= 15 is 0 Å². The average Bonchev–Trinajstić information content (AvgIpc) is 2.92. The molecule has 2 radical (unpaired) electrons. The van der Waals surface area contributed by atoms with Gasteiger partial charge >= 0.3 is 10.1 Å². The fourth-order valence-electron chi connectivity index (χ4n) is 0.909. The number of thiazole rings is 1. The first-order valence-corrected chi connectivity index (χ1v) is 4.75. The molecule has 0 amide bonds. The third kappa shape index (κ3) is 3.27. The number of nitrogens with zero attached hydrogens (tertiary/aromatic N) is 2. The van der Waals surface area contributed by atoms with E-state index in [1.807, 2.05) is 24.3 Å². The number of oxazole rings is 1. The van der Waals surface area contributed by atoms with Crippen molar-refractivity contribution in [3.05, 3.63) is 48.6 Å². The van der Waals surface area contributed by atoms with Gasteiger partial charge in [0.15, 0.2) is 5.51 Å². The van der Waals surface area contributed by atoms with E-state index in [-0.39, 0.29) is 10.1 Å². The van der Waals surface area contributed by atoms with E-state index in [4.69, 9.17) is 0 Å². The molecule has 2 aromatic heterocycles. The van der Waals surface area contributed by atoms with Crippen LogP contribution in [0.25, 0.3) is 10.2 Å². The first-order valence-electron chi connectivity index (χ1n) is 3.94. The molecule has 3 rings (SSSR count). The van der Waals surface area contributed by atoms with E-state index in [0.29, 0.717) is 0 Å². The quantitative estimate of drug-likeness (QED) is 0.533. The first kappa shape index (κ1) is 11.6. The van der Waals surface area contributed by atoms with Crippen molar-refractivity contribution in [2.24, 2.45) is 0 Å². The Labute approximate surface area is 95.0 Å². The Balaban J connectivity index is 0.000000162. The molecule has 0 spiro atoms. The number of rotatable bonds is 0.